The van der Waals surface area contributed by atoms with E-state index in [1.54, 1.807) is 26.0 Å². The van der Waals surface area contributed by atoms with Gasteiger partial charge in [-0.3, -0.25) is 4.79 Å². The van der Waals surface area contributed by atoms with Crippen LogP contribution in [0.4, 0.5) is 13.2 Å². The fraction of sp³-hybridized carbons (Fsp3) is 0.333. The Balaban J connectivity index is 2.12. The van der Waals surface area contributed by atoms with Gasteiger partial charge in [0.25, 0.3) is 5.91 Å². The Hall–Kier alpha value is -2.97. The topological polar surface area (TPSA) is 88.8 Å². The van der Waals surface area contributed by atoms with E-state index < -0.39 is 24.7 Å². The van der Waals surface area contributed by atoms with Crippen LogP contribution in [0.5, 0.6) is 5.75 Å². The fourth-order valence-corrected chi connectivity index (χ4v) is 2.35. The van der Waals surface area contributed by atoms with Gasteiger partial charge in [0, 0.05) is 24.6 Å². The molecule has 27 heavy (non-hydrogen) atoms. The number of furan rings is 1. The van der Waals surface area contributed by atoms with Gasteiger partial charge in [-0.15, -0.1) is 0 Å². The molecule has 0 spiro atoms. The van der Waals surface area contributed by atoms with Crippen LogP contribution in [0.25, 0.3) is 0 Å². The number of amides is 1. The number of carbonyl (C=O) groups excluding carboxylic acids is 1. The largest absolute Gasteiger partial charge is 0.484 e. The third-order valence-corrected chi connectivity index (χ3v) is 3.64. The minimum Gasteiger partial charge on any atom is -0.484 e. The Morgan fingerprint density at radius 1 is 1.26 bits per heavy atom. The smallest absolute Gasteiger partial charge is 0.422 e. The highest BCUT2D eigenvalue weighted by molar-refractivity contribution is 5.96. The van der Waals surface area contributed by atoms with Crippen molar-refractivity contribution in [2.75, 3.05) is 6.61 Å². The Bertz CT molecular complexity index is 842. The Morgan fingerprint density at radius 2 is 1.96 bits per heavy atom. The van der Waals surface area contributed by atoms with Gasteiger partial charge in [-0.1, -0.05) is 19.1 Å². The quantitative estimate of drug-likeness (QED) is 0.758. The second-order valence-electron chi connectivity index (χ2n) is 5.80. The predicted molar refractivity (Wildman–Crippen MR) is 88.9 cm³/mol. The number of aryl methyl sites for hydroxylation is 2. The summed E-state index contributed by atoms with van der Waals surface area (Å²) in [6.07, 6.45) is -4.19. The summed E-state index contributed by atoms with van der Waals surface area (Å²) in [5.41, 5.74) is 0.943. The number of benzene rings is 1. The normalized spacial score (nSPS) is 11.3. The molecular formula is C18H18F3NO5. The van der Waals surface area contributed by atoms with Crippen LogP contribution >= 0.6 is 0 Å². The van der Waals surface area contributed by atoms with Gasteiger partial charge < -0.3 is 19.6 Å². The first-order valence-electron chi connectivity index (χ1n) is 8.04. The van der Waals surface area contributed by atoms with E-state index in [0.29, 0.717) is 17.5 Å². The van der Waals surface area contributed by atoms with E-state index >= 15 is 0 Å². The summed E-state index contributed by atoms with van der Waals surface area (Å²) in [5.74, 6) is -1.91. The summed E-state index contributed by atoms with van der Waals surface area (Å²) < 4.78 is 47.2. The first-order valence-corrected chi connectivity index (χ1v) is 8.04. The van der Waals surface area contributed by atoms with Crippen molar-refractivity contribution in [1.82, 2.24) is 5.32 Å². The van der Waals surface area contributed by atoms with Gasteiger partial charge in [-0.05, 0) is 18.6 Å². The van der Waals surface area contributed by atoms with Gasteiger partial charge in [0.1, 0.15) is 17.1 Å². The Kier molecular flexibility index (Phi) is 6.14. The van der Waals surface area contributed by atoms with E-state index in [4.69, 9.17) is 14.3 Å². The molecule has 1 aromatic heterocycles. The molecule has 1 aromatic carbocycles. The fourth-order valence-electron chi connectivity index (χ4n) is 2.35. The minimum absolute atomic E-state index is 0.00698. The number of hydrogen-bond donors (Lipinski definition) is 2. The highest BCUT2D eigenvalue weighted by Gasteiger charge is 2.29. The van der Waals surface area contributed by atoms with Crippen molar-refractivity contribution >= 4 is 11.9 Å². The number of hydrogen-bond acceptors (Lipinski definition) is 4. The molecule has 0 saturated carbocycles. The number of ether oxygens (including phenoxy) is 1. The van der Waals surface area contributed by atoms with Gasteiger partial charge in [-0.25, -0.2) is 4.79 Å². The lowest BCUT2D eigenvalue weighted by atomic mass is 10.1. The average Bonchev–Trinajstić information content (AvgIpc) is 3.03. The van der Waals surface area contributed by atoms with E-state index in [1.807, 2.05) is 0 Å². The number of carbonyl (C=O) groups is 2. The molecule has 0 atom stereocenters. The van der Waals surface area contributed by atoms with Crippen LogP contribution in [0.15, 0.2) is 28.7 Å². The van der Waals surface area contributed by atoms with Crippen molar-refractivity contribution in [3.8, 4) is 5.75 Å². The van der Waals surface area contributed by atoms with Gasteiger partial charge in [0.15, 0.2) is 12.4 Å². The molecule has 2 N–H and O–H groups in total. The second-order valence-corrected chi connectivity index (χ2v) is 5.80. The van der Waals surface area contributed by atoms with Crippen molar-refractivity contribution in [3.05, 3.63) is 52.5 Å². The van der Waals surface area contributed by atoms with E-state index in [9.17, 15) is 22.8 Å². The molecule has 0 aliphatic carbocycles. The zero-order chi connectivity index (χ0) is 20.2. The molecule has 0 aliphatic rings. The highest BCUT2D eigenvalue weighted by atomic mass is 19.4. The van der Waals surface area contributed by atoms with Crippen LogP contribution in [0.2, 0.25) is 0 Å². The molecule has 2 aromatic rings. The van der Waals surface area contributed by atoms with Crippen LogP contribution in [0, 0.1) is 6.92 Å². The van der Waals surface area contributed by atoms with Gasteiger partial charge in [0.05, 0.1) is 0 Å². The molecule has 0 bridgehead atoms. The van der Waals surface area contributed by atoms with Crippen molar-refractivity contribution in [3.63, 3.8) is 0 Å². The third-order valence-electron chi connectivity index (χ3n) is 3.64. The molecule has 0 aliphatic heterocycles. The van der Waals surface area contributed by atoms with Crippen LogP contribution in [0.3, 0.4) is 0 Å². The summed E-state index contributed by atoms with van der Waals surface area (Å²) in [7, 11) is 0. The lowest BCUT2D eigenvalue weighted by Gasteiger charge is -2.14. The number of carboxylic acids is 1. The van der Waals surface area contributed by atoms with E-state index in [1.165, 1.54) is 6.07 Å². The van der Waals surface area contributed by atoms with Crippen molar-refractivity contribution in [1.29, 1.82) is 0 Å². The SMILES string of the molecule is CCc1oc(C(=O)NCc2ccc(C)cc2OCC(F)(F)F)cc1C(=O)O. The van der Waals surface area contributed by atoms with Crippen LogP contribution in [-0.4, -0.2) is 29.8 Å². The Labute approximate surface area is 152 Å². The predicted octanol–water partition coefficient (Wildman–Crippen LogP) is 3.72. The number of aromatic carboxylic acids is 1. The molecule has 0 fully saturated rings. The zero-order valence-corrected chi connectivity index (χ0v) is 14.6. The molecule has 0 radical (unpaired) electrons. The number of halogens is 3. The summed E-state index contributed by atoms with van der Waals surface area (Å²) in [6.45, 7) is 1.82. The summed E-state index contributed by atoms with van der Waals surface area (Å²) in [6, 6.07) is 5.78. The molecule has 0 unspecified atom stereocenters. The maximum Gasteiger partial charge on any atom is 0.422 e. The number of nitrogens with one attached hydrogen (secondary N) is 1. The lowest BCUT2D eigenvalue weighted by molar-refractivity contribution is -0.153. The van der Waals surface area contributed by atoms with Crippen LogP contribution < -0.4 is 10.1 Å². The summed E-state index contributed by atoms with van der Waals surface area (Å²) >= 11 is 0. The number of rotatable bonds is 7. The van der Waals surface area contributed by atoms with E-state index in [2.05, 4.69) is 5.32 Å². The van der Waals surface area contributed by atoms with E-state index in [0.717, 1.165) is 6.07 Å². The maximum atomic E-state index is 12.4. The van der Waals surface area contributed by atoms with E-state index in [-0.39, 0.29) is 29.4 Å². The average molecular weight is 385 g/mol. The minimum atomic E-state index is -4.48. The third kappa shape index (κ3) is 5.50. The van der Waals surface area contributed by atoms with Gasteiger partial charge in [0.2, 0.25) is 0 Å². The van der Waals surface area contributed by atoms with Crippen LogP contribution in [-0.2, 0) is 13.0 Å². The number of carboxylic acid groups (broad SMARTS) is 1. The molecule has 2 rings (SSSR count). The molecule has 6 nitrogen and oxygen atoms in total. The lowest BCUT2D eigenvalue weighted by Crippen LogP contribution is -2.24. The van der Waals surface area contributed by atoms with Gasteiger partial charge >= 0.3 is 12.1 Å². The zero-order valence-electron chi connectivity index (χ0n) is 14.6. The highest BCUT2D eigenvalue weighted by Crippen LogP contribution is 2.24. The molecule has 146 valence electrons. The number of alkyl halides is 3. The molecular weight excluding hydrogens is 367 g/mol. The van der Waals surface area contributed by atoms with Crippen molar-refractivity contribution in [2.24, 2.45) is 0 Å². The first-order chi connectivity index (χ1) is 12.6. The molecule has 1 amide bonds. The summed E-state index contributed by atoms with van der Waals surface area (Å²) in [5, 5.41) is 11.6. The first kappa shape index (κ1) is 20.3. The van der Waals surface area contributed by atoms with Crippen molar-refractivity contribution in [2.45, 2.75) is 33.0 Å². The van der Waals surface area contributed by atoms with Crippen molar-refractivity contribution < 1.29 is 37.0 Å². The van der Waals surface area contributed by atoms with Gasteiger partial charge in [-0.2, -0.15) is 13.2 Å². The summed E-state index contributed by atoms with van der Waals surface area (Å²) in [4.78, 5) is 23.3. The van der Waals surface area contributed by atoms with Crippen LogP contribution in [0.1, 0.15) is 44.7 Å². The maximum absolute atomic E-state index is 12.4. The standard InChI is InChI=1S/C18H18F3NO5/c1-3-13-12(17(24)25)7-15(27-13)16(23)22-8-11-5-4-10(2)6-14(11)26-9-18(19,20)21/h4-7H,3,8-9H2,1-2H3,(H,22,23)(H,24,25). The molecule has 9 heteroatoms. The molecule has 0 saturated heterocycles. The monoisotopic (exact) mass is 385 g/mol. The Morgan fingerprint density at radius 3 is 2.52 bits per heavy atom. The molecule has 1 heterocycles. The second kappa shape index (κ2) is 8.15.